The topological polar surface area (TPSA) is 20.3 Å². The Hall–Kier alpha value is -1.05. The van der Waals surface area contributed by atoms with Crippen molar-refractivity contribution in [3.63, 3.8) is 0 Å². The molecule has 3 rings (SSSR count). The maximum Gasteiger partial charge on any atom is 0.214 e. The Morgan fingerprint density at radius 3 is 3.07 bits per heavy atom. The summed E-state index contributed by atoms with van der Waals surface area (Å²) in [6.07, 6.45) is 13.8. The smallest absolute Gasteiger partial charge is 0.214 e. The van der Waals surface area contributed by atoms with Crippen molar-refractivity contribution < 1.29 is 4.79 Å². The molecule has 3 atom stereocenters. The van der Waals surface area contributed by atoms with Gasteiger partial charge in [-0.3, -0.25) is 4.79 Å². The molecule has 2 aliphatic carbocycles. The van der Waals surface area contributed by atoms with E-state index < -0.39 is 0 Å². The molecule has 0 spiro atoms. The molecule has 2 fully saturated rings. The highest BCUT2D eigenvalue weighted by Gasteiger charge is 2.45. The van der Waals surface area contributed by atoms with Crippen LogP contribution in [0.1, 0.15) is 32.1 Å². The van der Waals surface area contributed by atoms with E-state index in [2.05, 4.69) is 18.2 Å². The predicted molar refractivity (Wildman–Crippen MR) is 59.0 cm³/mol. The minimum Gasteiger partial charge on any atom is -0.315 e. The van der Waals surface area contributed by atoms with E-state index in [1.54, 1.807) is 0 Å². The summed E-state index contributed by atoms with van der Waals surface area (Å²) in [4.78, 5) is 13.2. The number of likely N-dealkylation sites (tertiary alicyclic amines) is 1. The van der Waals surface area contributed by atoms with Gasteiger partial charge in [-0.1, -0.05) is 25.0 Å². The van der Waals surface area contributed by atoms with Crippen molar-refractivity contribution in [2.75, 3.05) is 0 Å². The van der Waals surface area contributed by atoms with Crippen LogP contribution >= 0.6 is 0 Å². The largest absolute Gasteiger partial charge is 0.315 e. The van der Waals surface area contributed by atoms with Gasteiger partial charge in [0.2, 0.25) is 6.41 Å². The Morgan fingerprint density at radius 1 is 1.33 bits per heavy atom. The first-order valence-corrected chi connectivity index (χ1v) is 6.02. The molecule has 2 nitrogen and oxygen atoms in total. The first kappa shape index (κ1) is 9.20. The van der Waals surface area contributed by atoms with E-state index in [1.165, 1.54) is 31.4 Å². The SMILES string of the molecule is O=CN1C2=CC=CCC2C2CCCCC21. The Balaban J connectivity index is 1.96. The molecule has 1 aliphatic heterocycles. The number of hydrogen-bond acceptors (Lipinski definition) is 1. The monoisotopic (exact) mass is 203 g/mol. The van der Waals surface area contributed by atoms with Crippen LogP contribution in [0.3, 0.4) is 0 Å². The molecule has 0 aromatic rings. The number of carbonyl (C=O) groups excluding carboxylic acids is 1. The summed E-state index contributed by atoms with van der Waals surface area (Å²) >= 11 is 0. The van der Waals surface area contributed by atoms with E-state index in [-0.39, 0.29) is 0 Å². The van der Waals surface area contributed by atoms with Gasteiger partial charge in [-0.05, 0) is 31.3 Å². The van der Waals surface area contributed by atoms with Gasteiger partial charge >= 0.3 is 0 Å². The number of amides is 1. The molecule has 3 unspecified atom stereocenters. The van der Waals surface area contributed by atoms with Crippen molar-refractivity contribution in [3.05, 3.63) is 23.9 Å². The molecule has 0 aromatic carbocycles. The highest BCUT2D eigenvalue weighted by Crippen LogP contribution is 2.47. The Morgan fingerprint density at radius 2 is 2.20 bits per heavy atom. The van der Waals surface area contributed by atoms with E-state index in [1.807, 2.05) is 4.90 Å². The van der Waals surface area contributed by atoms with Gasteiger partial charge in [-0.25, -0.2) is 0 Å². The van der Waals surface area contributed by atoms with Crippen LogP contribution in [0.25, 0.3) is 0 Å². The van der Waals surface area contributed by atoms with E-state index in [4.69, 9.17) is 0 Å². The fraction of sp³-hybridized carbons (Fsp3) is 0.615. The average molecular weight is 203 g/mol. The molecular weight excluding hydrogens is 186 g/mol. The highest BCUT2D eigenvalue weighted by atomic mass is 16.1. The lowest BCUT2D eigenvalue weighted by Gasteiger charge is -2.29. The van der Waals surface area contributed by atoms with E-state index in [0.717, 1.165) is 18.7 Å². The van der Waals surface area contributed by atoms with Crippen LogP contribution in [0.15, 0.2) is 23.9 Å². The quantitative estimate of drug-likeness (QED) is 0.599. The van der Waals surface area contributed by atoms with Crippen LogP contribution in [-0.2, 0) is 4.79 Å². The number of rotatable bonds is 1. The van der Waals surface area contributed by atoms with Gasteiger partial charge in [0.25, 0.3) is 0 Å². The molecule has 0 N–H and O–H groups in total. The molecule has 1 saturated carbocycles. The lowest BCUT2D eigenvalue weighted by Crippen LogP contribution is -2.33. The molecule has 1 amide bonds. The van der Waals surface area contributed by atoms with E-state index >= 15 is 0 Å². The van der Waals surface area contributed by atoms with Gasteiger partial charge in [0, 0.05) is 17.7 Å². The number of carbonyl (C=O) groups is 1. The first-order chi connectivity index (χ1) is 7.42. The number of fused-ring (bicyclic) bond motifs is 3. The number of nitrogens with zero attached hydrogens (tertiary/aromatic N) is 1. The third-order valence-electron chi connectivity index (χ3n) is 4.24. The number of hydrogen-bond donors (Lipinski definition) is 0. The lowest BCUT2D eigenvalue weighted by atomic mass is 9.77. The van der Waals surface area contributed by atoms with Gasteiger partial charge in [-0.15, -0.1) is 0 Å². The van der Waals surface area contributed by atoms with Crippen molar-refractivity contribution in [1.82, 2.24) is 4.90 Å². The summed E-state index contributed by atoms with van der Waals surface area (Å²) in [6.45, 7) is 0. The summed E-state index contributed by atoms with van der Waals surface area (Å²) < 4.78 is 0. The molecule has 15 heavy (non-hydrogen) atoms. The molecule has 0 radical (unpaired) electrons. The van der Waals surface area contributed by atoms with Crippen LogP contribution in [0, 0.1) is 11.8 Å². The second-order valence-corrected chi connectivity index (χ2v) is 4.89. The van der Waals surface area contributed by atoms with E-state index in [0.29, 0.717) is 12.0 Å². The van der Waals surface area contributed by atoms with Crippen molar-refractivity contribution in [3.8, 4) is 0 Å². The zero-order valence-corrected chi connectivity index (χ0v) is 8.93. The third-order valence-corrected chi connectivity index (χ3v) is 4.24. The zero-order chi connectivity index (χ0) is 10.3. The normalized spacial score (nSPS) is 38.3. The van der Waals surface area contributed by atoms with Gasteiger partial charge in [0.1, 0.15) is 0 Å². The molecular formula is C13H17NO. The third kappa shape index (κ3) is 1.27. The Kier molecular flexibility index (Phi) is 2.15. The van der Waals surface area contributed by atoms with Crippen LogP contribution < -0.4 is 0 Å². The molecule has 80 valence electrons. The van der Waals surface area contributed by atoms with Crippen LogP contribution in [-0.4, -0.2) is 17.4 Å². The molecule has 0 bridgehead atoms. The zero-order valence-electron chi connectivity index (χ0n) is 8.93. The van der Waals surface area contributed by atoms with Crippen molar-refractivity contribution in [1.29, 1.82) is 0 Å². The predicted octanol–water partition coefficient (Wildman–Crippen LogP) is 2.48. The minimum atomic E-state index is 0.507. The molecule has 1 saturated heterocycles. The fourth-order valence-electron chi connectivity index (χ4n) is 3.59. The summed E-state index contributed by atoms with van der Waals surface area (Å²) in [5, 5.41) is 0. The molecule has 2 heteroatoms. The molecule has 1 heterocycles. The average Bonchev–Trinajstić information content (AvgIpc) is 2.63. The van der Waals surface area contributed by atoms with Crippen LogP contribution in [0.5, 0.6) is 0 Å². The second kappa shape index (κ2) is 3.51. The standard InChI is InChI=1S/C13H17NO/c15-9-14-12-7-3-1-5-10(12)11-6-2-4-8-13(11)14/h1,3,7,9-11,13H,2,4-6,8H2. The van der Waals surface area contributed by atoms with E-state index in [9.17, 15) is 4.79 Å². The van der Waals surface area contributed by atoms with Gasteiger partial charge < -0.3 is 4.90 Å². The maximum absolute atomic E-state index is 11.2. The second-order valence-electron chi connectivity index (χ2n) is 4.89. The maximum atomic E-state index is 11.2. The first-order valence-electron chi connectivity index (χ1n) is 6.02. The van der Waals surface area contributed by atoms with Gasteiger partial charge in [0.15, 0.2) is 0 Å². The lowest BCUT2D eigenvalue weighted by molar-refractivity contribution is -0.118. The van der Waals surface area contributed by atoms with Crippen molar-refractivity contribution in [2.45, 2.75) is 38.1 Å². The summed E-state index contributed by atoms with van der Waals surface area (Å²) in [6, 6.07) is 0.507. The summed E-state index contributed by atoms with van der Waals surface area (Å²) in [7, 11) is 0. The summed E-state index contributed by atoms with van der Waals surface area (Å²) in [5.41, 5.74) is 1.28. The Bertz CT molecular complexity index is 331. The van der Waals surface area contributed by atoms with Crippen molar-refractivity contribution in [2.24, 2.45) is 11.8 Å². The molecule has 3 aliphatic rings. The van der Waals surface area contributed by atoms with Gasteiger partial charge in [-0.2, -0.15) is 0 Å². The van der Waals surface area contributed by atoms with Crippen LogP contribution in [0.4, 0.5) is 0 Å². The van der Waals surface area contributed by atoms with Crippen LogP contribution in [0.2, 0.25) is 0 Å². The highest BCUT2D eigenvalue weighted by molar-refractivity contribution is 5.55. The fourth-order valence-corrected chi connectivity index (χ4v) is 3.59. The number of allylic oxidation sites excluding steroid dienone is 4. The molecule has 0 aromatic heterocycles. The van der Waals surface area contributed by atoms with Crippen molar-refractivity contribution >= 4 is 6.41 Å². The Labute approximate surface area is 90.6 Å². The summed E-state index contributed by atoms with van der Waals surface area (Å²) in [5.74, 6) is 1.37. The minimum absolute atomic E-state index is 0.507. The van der Waals surface area contributed by atoms with Gasteiger partial charge in [0.05, 0.1) is 0 Å².